The minimum absolute atomic E-state index is 0.205. The summed E-state index contributed by atoms with van der Waals surface area (Å²) in [5.41, 5.74) is 0.480. The Morgan fingerprint density at radius 1 is 1.50 bits per heavy atom. The number of carbonyl (C=O) groups excluding carboxylic acids is 2. The molecule has 1 unspecified atom stereocenters. The van der Waals surface area contributed by atoms with E-state index >= 15 is 0 Å². The number of nitrogens with one attached hydrogen (secondary N) is 2. The highest BCUT2D eigenvalue weighted by Crippen LogP contribution is 2.25. The molecule has 0 aliphatic rings. The van der Waals surface area contributed by atoms with Crippen LogP contribution >= 0.6 is 40.2 Å². The summed E-state index contributed by atoms with van der Waals surface area (Å²) in [6.45, 7) is 1.34. The van der Waals surface area contributed by atoms with Crippen molar-refractivity contribution < 1.29 is 9.59 Å². The molecule has 1 atom stereocenters. The second-order valence-corrected chi connectivity index (χ2v) is 5.24. The van der Waals surface area contributed by atoms with E-state index in [0.29, 0.717) is 10.7 Å². The molecule has 0 saturated carbocycles. The normalized spacial score (nSPS) is 11.8. The fourth-order valence-electron chi connectivity index (χ4n) is 1.25. The van der Waals surface area contributed by atoms with Crippen LogP contribution in [0, 0.1) is 0 Å². The van der Waals surface area contributed by atoms with Gasteiger partial charge in [-0.25, -0.2) is 0 Å². The van der Waals surface area contributed by atoms with Gasteiger partial charge in [0.1, 0.15) is 6.04 Å². The zero-order valence-electron chi connectivity index (χ0n) is 9.54. The SMILES string of the molecule is CC(=O)NC(CS)C(=O)Nc1cc(Br)ccc1Cl. The minimum Gasteiger partial charge on any atom is -0.344 e. The number of hydrogen-bond donors (Lipinski definition) is 3. The summed E-state index contributed by atoms with van der Waals surface area (Å²) >= 11 is 13.3. The highest BCUT2D eigenvalue weighted by Gasteiger charge is 2.18. The third kappa shape index (κ3) is 4.51. The lowest BCUT2D eigenvalue weighted by molar-refractivity contribution is -0.124. The number of anilines is 1. The van der Waals surface area contributed by atoms with Gasteiger partial charge in [-0.05, 0) is 18.2 Å². The highest BCUT2D eigenvalue weighted by molar-refractivity contribution is 9.10. The van der Waals surface area contributed by atoms with E-state index in [0.717, 1.165) is 4.47 Å². The van der Waals surface area contributed by atoms with Gasteiger partial charge in [0.25, 0.3) is 0 Å². The Morgan fingerprint density at radius 2 is 2.17 bits per heavy atom. The predicted octanol–water partition coefficient (Wildman–Crippen LogP) is 2.48. The van der Waals surface area contributed by atoms with Gasteiger partial charge in [-0.15, -0.1) is 0 Å². The van der Waals surface area contributed by atoms with Crippen LogP contribution in [0.2, 0.25) is 5.02 Å². The van der Waals surface area contributed by atoms with Gasteiger partial charge < -0.3 is 10.6 Å². The average molecular weight is 352 g/mol. The first kappa shape index (κ1) is 15.3. The van der Waals surface area contributed by atoms with Crippen LogP contribution in [-0.4, -0.2) is 23.6 Å². The molecule has 2 amide bonds. The van der Waals surface area contributed by atoms with Gasteiger partial charge in [-0.2, -0.15) is 12.6 Å². The van der Waals surface area contributed by atoms with Crippen LogP contribution in [0.1, 0.15) is 6.92 Å². The predicted molar refractivity (Wildman–Crippen MR) is 79.2 cm³/mol. The van der Waals surface area contributed by atoms with E-state index in [1.54, 1.807) is 18.2 Å². The van der Waals surface area contributed by atoms with Gasteiger partial charge in [0.2, 0.25) is 11.8 Å². The number of amides is 2. The zero-order valence-corrected chi connectivity index (χ0v) is 12.8. The van der Waals surface area contributed by atoms with Crippen LogP contribution in [0.4, 0.5) is 5.69 Å². The Labute approximate surface area is 124 Å². The van der Waals surface area contributed by atoms with Crippen LogP contribution < -0.4 is 10.6 Å². The summed E-state index contributed by atoms with van der Waals surface area (Å²) in [5, 5.41) is 5.57. The van der Waals surface area contributed by atoms with E-state index in [1.165, 1.54) is 6.92 Å². The maximum absolute atomic E-state index is 11.9. The first-order chi connectivity index (χ1) is 8.43. The highest BCUT2D eigenvalue weighted by atomic mass is 79.9. The van der Waals surface area contributed by atoms with Gasteiger partial charge in [-0.1, -0.05) is 27.5 Å². The molecule has 0 heterocycles. The van der Waals surface area contributed by atoms with Gasteiger partial charge >= 0.3 is 0 Å². The Balaban J connectivity index is 2.79. The van der Waals surface area contributed by atoms with Crippen LogP contribution in [0.15, 0.2) is 22.7 Å². The molecule has 0 spiro atoms. The molecule has 0 bridgehead atoms. The minimum atomic E-state index is -0.694. The molecule has 0 aliphatic carbocycles. The molecule has 1 aromatic carbocycles. The summed E-state index contributed by atoms with van der Waals surface area (Å²) in [6, 6.07) is 4.42. The smallest absolute Gasteiger partial charge is 0.247 e. The molecule has 2 N–H and O–H groups in total. The van der Waals surface area contributed by atoms with Gasteiger partial charge in [0, 0.05) is 17.1 Å². The van der Waals surface area contributed by atoms with Crippen molar-refractivity contribution >= 4 is 57.7 Å². The first-order valence-electron chi connectivity index (χ1n) is 5.08. The van der Waals surface area contributed by atoms with E-state index in [1.807, 2.05) is 0 Å². The van der Waals surface area contributed by atoms with Crippen LogP contribution in [0.3, 0.4) is 0 Å². The van der Waals surface area contributed by atoms with E-state index in [4.69, 9.17) is 11.6 Å². The second kappa shape index (κ2) is 7.01. The molecule has 0 fully saturated rings. The largest absolute Gasteiger partial charge is 0.344 e. The van der Waals surface area contributed by atoms with Crippen molar-refractivity contribution in [2.24, 2.45) is 0 Å². The maximum Gasteiger partial charge on any atom is 0.247 e. The van der Waals surface area contributed by atoms with Crippen molar-refractivity contribution in [3.63, 3.8) is 0 Å². The number of carbonyl (C=O) groups is 2. The topological polar surface area (TPSA) is 58.2 Å². The fourth-order valence-corrected chi connectivity index (χ4v) is 2.04. The Morgan fingerprint density at radius 3 is 2.72 bits per heavy atom. The Kier molecular flexibility index (Phi) is 5.98. The van der Waals surface area contributed by atoms with Crippen molar-refractivity contribution in [3.05, 3.63) is 27.7 Å². The van der Waals surface area contributed by atoms with Gasteiger partial charge in [0.05, 0.1) is 10.7 Å². The monoisotopic (exact) mass is 350 g/mol. The first-order valence-corrected chi connectivity index (χ1v) is 6.88. The lowest BCUT2D eigenvalue weighted by Crippen LogP contribution is -2.44. The molecule has 0 aliphatic heterocycles. The molecule has 7 heteroatoms. The molecular formula is C11H12BrClN2O2S. The number of rotatable bonds is 4. The molecule has 4 nitrogen and oxygen atoms in total. The molecule has 0 saturated heterocycles. The fraction of sp³-hybridized carbons (Fsp3) is 0.273. The number of thiol groups is 1. The van der Waals surface area contributed by atoms with Gasteiger partial charge in [-0.3, -0.25) is 9.59 Å². The van der Waals surface area contributed by atoms with Crippen molar-refractivity contribution in [3.8, 4) is 0 Å². The maximum atomic E-state index is 11.9. The quantitative estimate of drug-likeness (QED) is 0.730. The summed E-state index contributed by atoms with van der Waals surface area (Å²) in [5.74, 6) is -0.443. The summed E-state index contributed by atoms with van der Waals surface area (Å²) < 4.78 is 0.796. The van der Waals surface area contributed by atoms with Crippen molar-refractivity contribution in [2.75, 3.05) is 11.1 Å². The molecule has 0 aromatic heterocycles. The Hall–Kier alpha value is -0.720. The molecule has 0 radical (unpaired) electrons. The molecular weight excluding hydrogens is 340 g/mol. The summed E-state index contributed by atoms with van der Waals surface area (Å²) in [7, 11) is 0. The summed E-state index contributed by atoms with van der Waals surface area (Å²) in [6.07, 6.45) is 0. The number of hydrogen-bond acceptors (Lipinski definition) is 3. The number of halogens is 2. The lowest BCUT2D eigenvalue weighted by Gasteiger charge is -2.16. The molecule has 98 valence electrons. The van der Waals surface area contributed by atoms with Crippen molar-refractivity contribution in [2.45, 2.75) is 13.0 Å². The summed E-state index contributed by atoms with van der Waals surface area (Å²) in [4.78, 5) is 22.8. The van der Waals surface area contributed by atoms with E-state index in [-0.39, 0.29) is 17.6 Å². The molecule has 1 aromatic rings. The zero-order chi connectivity index (χ0) is 13.7. The average Bonchev–Trinajstić information content (AvgIpc) is 2.30. The van der Waals surface area contributed by atoms with Crippen molar-refractivity contribution in [1.29, 1.82) is 0 Å². The van der Waals surface area contributed by atoms with Crippen LogP contribution in [-0.2, 0) is 9.59 Å². The molecule has 18 heavy (non-hydrogen) atoms. The van der Waals surface area contributed by atoms with Crippen molar-refractivity contribution in [1.82, 2.24) is 5.32 Å². The number of benzene rings is 1. The molecule has 1 rings (SSSR count). The standard InChI is InChI=1S/C11H12BrClN2O2S/c1-6(16)14-10(5-18)11(17)15-9-4-7(12)2-3-8(9)13/h2-4,10,18H,5H2,1H3,(H,14,16)(H,15,17). The van der Waals surface area contributed by atoms with Crippen LogP contribution in [0.5, 0.6) is 0 Å². The lowest BCUT2D eigenvalue weighted by atomic mass is 10.2. The van der Waals surface area contributed by atoms with Gasteiger partial charge in [0.15, 0.2) is 0 Å². The third-order valence-electron chi connectivity index (χ3n) is 2.06. The third-order valence-corrected chi connectivity index (χ3v) is 3.25. The van der Waals surface area contributed by atoms with E-state index < -0.39 is 6.04 Å². The Bertz CT molecular complexity index is 470. The van der Waals surface area contributed by atoms with E-state index in [2.05, 4.69) is 39.2 Å². The van der Waals surface area contributed by atoms with E-state index in [9.17, 15) is 9.59 Å². The van der Waals surface area contributed by atoms with Crippen LogP contribution in [0.25, 0.3) is 0 Å². The second-order valence-electron chi connectivity index (χ2n) is 3.55.